The monoisotopic (exact) mass is 240 g/mol. The molecule has 1 rings (SSSR count). The standard InChI is InChI=1S/C9H11F3N2.ClH/c10-9(11,12)8(14)5-6-3-1-2-4-7(6)13;/h1-4,8H,5,13-14H2;1H. The molecule has 0 heterocycles. The van der Waals surface area contributed by atoms with Crippen molar-refractivity contribution >= 4 is 18.1 Å². The van der Waals surface area contributed by atoms with Crippen molar-refractivity contribution < 1.29 is 13.2 Å². The van der Waals surface area contributed by atoms with E-state index in [9.17, 15) is 13.2 Å². The lowest BCUT2D eigenvalue weighted by molar-refractivity contribution is -0.147. The third-order valence-electron chi connectivity index (χ3n) is 1.92. The molecule has 0 amide bonds. The number of alkyl halides is 3. The van der Waals surface area contributed by atoms with Crippen molar-refractivity contribution in [2.45, 2.75) is 18.6 Å². The molecule has 15 heavy (non-hydrogen) atoms. The summed E-state index contributed by atoms with van der Waals surface area (Å²) in [6, 6.07) is 4.54. The zero-order valence-electron chi connectivity index (χ0n) is 7.79. The van der Waals surface area contributed by atoms with Crippen molar-refractivity contribution in [3.63, 3.8) is 0 Å². The first-order valence-corrected chi connectivity index (χ1v) is 4.07. The van der Waals surface area contributed by atoms with Crippen molar-refractivity contribution in [2.24, 2.45) is 5.73 Å². The lowest BCUT2D eigenvalue weighted by Gasteiger charge is -2.16. The molecule has 1 aromatic carbocycles. The van der Waals surface area contributed by atoms with Crippen LogP contribution in [0, 0.1) is 0 Å². The molecular formula is C9H12ClF3N2. The molecule has 0 aromatic heterocycles. The van der Waals surface area contributed by atoms with Gasteiger partial charge in [-0.15, -0.1) is 12.4 Å². The van der Waals surface area contributed by atoms with Crippen LogP contribution in [0.4, 0.5) is 18.9 Å². The van der Waals surface area contributed by atoms with Gasteiger partial charge in [-0.3, -0.25) is 0 Å². The molecule has 0 saturated heterocycles. The van der Waals surface area contributed by atoms with Crippen LogP contribution in [-0.2, 0) is 6.42 Å². The van der Waals surface area contributed by atoms with Gasteiger partial charge in [-0.05, 0) is 18.1 Å². The zero-order chi connectivity index (χ0) is 10.8. The van der Waals surface area contributed by atoms with E-state index in [-0.39, 0.29) is 18.8 Å². The first kappa shape index (κ1) is 14.1. The fourth-order valence-corrected chi connectivity index (χ4v) is 1.07. The number of benzene rings is 1. The van der Waals surface area contributed by atoms with Crippen LogP contribution in [0.3, 0.4) is 0 Å². The summed E-state index contributed by atoms with van der Waals surface area (Å²) in [5.74, 6) is 0. The van der Waals surface area contributed by atoms with Gasteiger partial charge in [0.15, 0.2) is 0 Å². The number of para-hydroxylation sites is 1. The van der Waals surface area contributed by atoms with E-state index in [1.54, 1.807) is 24.3 Å². The Hall–Kier alpha value is -0.940. The van der Waals surface area contributed by atoms with E-state index in [1.807, 2.05) is 0 Å². The van der Waals surface area contributed by atoms with Gasteiger partial charge in [0.25, 0.3) is 0 Å². The Labute approximate surface area is 91.9 Å². The molecule has 1 unspecified atom stereocenters. The van der Waals surface area contributed by atoms with Gasteiger partial charge in [0.05, 0.1) is 0 Å². The van der Waals surface area contributed by atoms with Crippen molar-refractivity contribution in [1.29, 1.82) is 0 Å². The summed E-state index contributed by atoms with van der Waals surface area (Å²) in [4.78, 5) is 0. The molecule has 1 aromatic rings. The maximum Gasteiger partial charge on any atom is 0.403 e. The van der Waals surface area contributed by atoms with Crippen LogP contribution in [-0.4, -0.2) is 12.2 Å². The molecular weight excluding hydrogens is 229 g/mol. The third-order valence-corrected chi connectivity index (χ3v) is 1.92. The van der Waals surface area contributed by atoms with Crippen LogP contribution >= 0.6 is 12.4 Å². The molecule has 0 saturated carbocycles. The second-order valence-electron chi connectivity index (χ2n) is 3.05. The summed E-state index contributed by atoms with van der Waals surface area (Å²) in [5, 5.41) is 0. The number of rotatable bonds is 2. The number of nitrogens with two attached hydrogens (primary N) is 2. The number of hydrogen-bond acceptors (Lipinski definition) is 2. The molecule has 0 aliphatic rings. The minimum Gasteiger partial charge on any atom is -0.399 e. The van der Waals surface area contributed by atoms with Crippen LogP contribution in [0.2, 0.25) is 0 Å². The van der Waals surface area contributed by atoms with Crippen LogP contribution in [0.15, 0.2) is 24.3 Å². The Morgan fingerprint density at radius 1 is 1.20 bits per heavy atom. The van der Waals surface area contributed by atoms with Crippen molar-refractivity contribution in [3.05, 3.63) is 29.8 Å². The summed E-state index contributed by atoms with van der Waals surface area (Å²) in [6.45, 7) is 0. The molecule has 0 radical (unpaired) electrons. The summed E-state index contributed by atoms with van der Waals surface area (Å²) >= 11 is 0. The lowest BCUT2D eigenvalue weighted by atomic mass is 10.0. The SMILES string of the molecule is Cl.Nc1ccccc1CC(N)C(F)(F)F. The fourth-order valence-electron chi connectivity index (χ4n) is 1.07. The minimum atomic E-state index is -4.37. The third kappa shape index (κ3) is 3.97. The Morgan fingerprint density at radius 2 is 1.73 bits per heavy atom. The first-order chi connectivity index (χ1) is 6.41. The van der Waals surface area contributed by atoms with Gasteiger partial charge in [-0.25, -0.2) is 0 Å². The molecule has 0 aliphatic carbocycles. The molecule has 4 N–H and O–H groups in total. The Morgan fingerprint density at radius 3 is 2.20 bits per heavy atom. The van der Waals surface area contributed by atoms with E-state index in [2.05, 4.69) is 0 Å². The normalized spacial score (nSPS) is 13.1. The van der Waals surface area contributed by atoms with E-state index in [4.69, 9.17) is 11.5 Å². The number of anilines is 1. The Bertz CT molecular complexity index is 314. The van der Waals surface area contributed by atoms with Gasteiger partial charge >= 0.3 is 6.18 Å². The van der Waals surface area contributed by atoms with Crippen molar-refractivity contribution in [1.82, 2.24) is 0 Å². The van der Waals surface area contributed by atoms with Gasteiger partial charge in [-0.1, -0.05) is 18.2 Å². The van der Waals surface area contributed by atoms with E-state index in [0.29, 0.717) is 11.3 Å². The van der Waals surface area contributed by atoms with Crippen molar-refractivity contribution in [3.8, 4) is 0 Å². The quantitative estimate of drug-likeness (QED) is 0.778. The highest BCUT2D eigenvalue weighted by molar-refractivity contribution is 5.85. The molecule has 6 heteroatoms. The fraction of sp³-hybridized carbons (Fsp3) is 0.333. The summed E-state index contributed by atoms with van der Waals surface area (Å²) in [5.41, 5.74) is 11.2. The maximum atomic E-state index is 12.1. The van der Waals surface area contributed by atoms with E-state index < -0.39 is 12.2 Å². The van der Waals surface area contributed by atoms with E-state index in [0.717, 1.165) is 0 Å². The van der Waals surface area contributed by atoms with Gasteiger partial charge in [0.2, 0.25) is 0 Å². The summed E-state index contributed by atoms with van der Waals surface area (Å²) < 4.78 is 36.3. The molecule has 2 nitrogen and oxygen atoms in total. The predicted octanol–water partition coefficient (Wildman–Crippen LogP) is 2.12. The average Bonchev–Trinajstić information content (AvgIpc) is 2.07. The smallest absolute Gasteiger partial charge is 0.399 e. The number of hydrogen-bond donors (Lipinski definition) is 2. The second kappa shape index (κ2) is 5.23. The first-order valence-electron chi connectivity index (χ1n) is 4.07. The molecule has 1 atom stereocenters. The van der Waals surface area contributed by atoms with Crippen molar-refractivity contribution in [2.75, 3.05) is 5.73 Å². The van der Waals surface area contributed by atoms with Crippen LogP contribution in [0.25, 0.3) is 0 Å². The minimum absolute atomic E-state index is 0. The van der Waals surface area contributed by atoms with E-state index in [1.165, 1.54) is 0 Å². The molecule has 0 spiro atoms. The van der Waals surface area contributed by atoms with Gasteiger partial charge < -0.3 is 11.5 Å². The Balaban J connectivity index is 0.00000196. The highest BCUT2D eigenvalue weighted by Crippen LogP contribution is 2.23. The molecule has 86 valence electrons. The lowest BCUT2D eigenvalue weighted by Crippen LogP contribution is -2.39. The van der Waals surface area contributed by atoms with Gasteiger partial charge in [0.1, 0.15) is 6.04 Å². The van der Waals surface area contributed by atoms with Crippen LogP contribution in [0.5, 0.6) is 0 Å². The highest BCUT2D eigenvalue weighted by Gasteiger charge is 2.36. The van der Waals surface area contributed by atoms with Crippen LogP contribution in [0.1, 0.15) is 5.56 Å². The van der Waals surface area contributed by atoms with E-state index >= 15 is 0 Å². The Kier molecular flexibility index (Phi) is 4.90. The number of halogens is 4. The topological polar surface area (TPSA) is 52.0 Å². The molecule has 0 bridgehead atoms. The maximum absolute atomic E-state index is 12.1. The average molecular weight is 241 g/mol. The molecule has 0 aliphatic heterocycles. The second-order valence-corrected chi connectivity index (χ2v) is 3.05. The van der Waals surface area contributed by atoms with Gasteiger partial charge in [-0.2, -0.15) is 13.2 Å². The predicted molar refractivity (Wildman–Crippen MR) is 55.8 cm³/mol. The van der Waals surface area contributed by atoms with Gasteiger partial charge in [0, 0.05) is 5.69 Å². The zero-order valence-corrected chi connectivity index (χ0v) is 8.61. The van der Waals surface area contributed by atoms with Crippen LogP contribution < -0.4 is 11.5 Å². The highest BCUT2D eigenvalue weighted by atomic mass is 35.5. The number of nitrogen functional groups attached to an aromatic ring is 1. The molecule has 0 fully saturated rings. The largest absolute Gasteiger partial charge is 0.403 e. The summed E-state index contributed by atoms with van der Waals surface area (Å²) in [6.07, 6.45) is -4.65. The summed E-state index contributed by atoms with van der Waals surface area (Å²) in [7, 11) is 0.